The Bertz CT molecular complexity index is 570. The zero-order valence-corrected chi connectivity index (χ0v) is 11.2. The van der Waals surface area contributed by atoms with Crippen molar-refractivity contribution in [3.05, 3.63) is 35.2 Å². The lowest BCUT2D eigenvalue weighted by atomic mass is 10.1. The summed E-state index contributed by atoms with van der Waals surface area (Å²) >= 11 is 1.71. The molecule has 1 aromatic heterocycles. The fraction of sp³-hybridized carbons (Fsp3) is 0.357. The van der Waals surface area contributed by atoms with Gasteiger partial charge in [-0.15, -0.1) is 11.3 Å². The predicted octanol–water partition coefficient (Wildman–Crippen LogP) is 2.29. The standard InChI is InChI=1S/C14H16N2OS/c1-15-5-7-16(8-6-15)14(17)12-2-3-13-11(10-12)4-9-18-13/h2-4,9-10H,5-8H2,1H3. The monoisotopic (exact) mass is 260 g/mol. The quantitative estimate of drug-likeness (QED) is 0.785. The average molecular weight is 260 g/mol. The van der Waals surface area contributed by atoms with Gasteiger partial charge >= 0.3 is 0 Å². The van der Waals surface area contributed by atoms with E-state index in [1.54, 1.807) is 11.3 Å². The highest BCUT2D eigenvalue weighted by atomic mass is 32.1. The molecule has 1 fully saturated rings. The van der Waals surface area contributed by atoms with Gasteiger partial charge in [-0.2, -0.15) is 0 Å². The van der Waals surface area contributed by atoms with E-state index in [1.807, 2.05) is 23.1 Å². The van der Waals surface area contributed by atoms with Gasteiger partial charge in [0.05, 0.1) is 0 Å². The van der Waals surface area contributed by atoms with Crippen LogP contribution in [0.25, 0.3) is 10.1 Å². The van der Waals surface area contributed by atoms with Gasteiger partial charge in [-0.25, -0.2) is 0 Å². The van der Waals surface area contributed by atoms with Gasteiger partial charge in [-0.3, -0.25) is 4.79 Å². The minimum atomic E-state index is 0.163. The number of benzene rings is 1. The van der Waals surface area contributed by atoms with E-state index in [9.17, 15) is 4.79 Å². The lowest BCUT2D eigenvalue weighted by Crippen LogP contribution is -2.47. The Labute approximate surface area is 111 Å². The van der Waals surface area contributed by atoms with Crippen molar-refractivity contribution in [2.45, 2.75) is 0 Å². The second kappa shape index (κ2) is 4.71. The van der Waals surface area contributed by atoms with Crippen molar-refractivity contribution in [2.24, 2.45) is 0 Å². The van der Waals surface area contributed by atoms with Gasteiger partial charge in [-0.1, -0.05) is 0 Å². The van der Waals surface area contributed by atoms with E-state index in [2.05, 4.69) is 23.4 Å². The maximum atomic E-state index is 12.4. The van der Waals surface area contributed by atoms with E-state index < -0.39 is 0 Å². The Kier molecular flexibility index (Phi) is 3.06. The van der Waals surface area contributed by atoms with Crippen LogP contribution in [0.15, 0.2) is 29.6 Å². The van der Waals surface area contributed by atoms with Crippen LogP contribution in [-0.4, -0.2) is 48.9 Å². The molecule has 2 aromatic rings. The molecule has 0 saturated carbocycles. The summed E-state index contributed by atoms with van der Waals surface area (Å²) in [5.41, 5.74) is 0.811. The van der Waals surface area contributed by atoms with Gasteiger partial charge in [0.15, 0.2) is 0 Å². The number of piperazine rings is 1. The number of nitrogens with zero attached hydrogens (tertiary/aromatic N) is 2. The molecule has 1 aliphatic rings. The minimum Gasteiger partial charge on any atom is -0.336 e. The van der Waals surface area contributed by atoms with Gasteiger partial charge in [-0.05, 0) is 42.1 Å². The van der Waals surface area contributed by atoms with Crippen LogP contribution in [0.2, 0.25) is 0 Å². The zero-order valence-electron chi connectivity index (χ0n) is 10.4. The Morgan fingerprint density at radius 1 is 1.17 bits per heavy atom. The number of thiophene rings is 1. The molecule has 0 spiro atoms. The maximum absolute atomic E-state index is 12.4. The van der Waals surface area contributed by atoms with Crippen LogP contribution in [-0.2, 0) is 0 Å². The number of fused-ring (bicyclic) bond motifs is 1. The molecular formula is C14H16N2OS. The van der Waals surface area contributed by atoms with Crippen molar-refractivity contribution in [3.8, 4) is 0 Å². The SMILES string of the molecule is CN1CCN(C(=O)c2ccc3sccc3c2)CC1. The molecule has 0 radical (unpaired) electrons. The number of amides is 1. The third-order valence-corrected chi connectivity index (χ3v) is 4.39. The molecule has 4 heteroatoms. The van der Waals surface area contributed by atoms with Crippen LogP contribution in [0.3, 0.4) is 0 Å². The lowest BCUT2D eigenvalue weighted by Gasteiger charge is -2.32. The molecule has 18 heavy (non-hydrogen) atoms. The molecule has 0 atom stereocenters. The highest BCUT2D eigenvalue weighted by molar-refractivity contribution is 7.17. The number of hydrogen-bond donors (Lipinski definition) is 0. The van der Waals surface area contributed by atoms with Gasteiger partial charge in [0.1, 0.15) is 0 Å². The second-order valence-corrected chi connectivity index (χ2v) is 5.72. The number of carbonyl (C=O) groups is 1. The first kappa shape index (κ1) is 11.7. The average Bonchev–Trinajstić information content (AvgIpc) is 2.86. The van der Waals surface area contributed by atoms with Crippen molar-refractivity contribution in [1.82, 2.24) is 9.80 Å². The minimum absolute atomic E-state index is 0.163. The van der Waals surface area contributed by atoms with Gasteiger partial charge in [0.25, 0.3) is 5.91 Å². The Balaban J connectivity index is 1.82. The Morgan fingerprint density at radius 3 is 2.72 bits per heavy atom. The molecule has 0 N–H and O–H groups in total. The van der Waals surface area contributed by atoms with E-state index in [0.29, 0.717) is 0 Å². The van der Waals surface area contributed by atoms with Crippen molar-refractivity contribution in [3.63, 3.8) is 0 Å². The predicted molar refractivity (Wildman–Crippen MR) is 75.2 cm³/mol. The summed E-state index contributed by atoms with van der Waals surface area (Å²) in [6.45, 7) is 3.59. The maximum Gasteiger partial charge on any atom is 0.253 e. The number of carbonyl (C=O) groups excluding carboxylic acids is 1. The summed E-state index contributed by atoms with van der Waals surface area (Å²) in [6.07, 6.45) is 0. The van der Waals surface area contributed by atoms with Crippen LogP contribution in [0, 0.1) is 0 Å². The van der Waals surface area contributed by atoms with Crippen LogP contribution in [0.5, 0.6) is 0 Å². The largest absolute Gasteiger partial charge is 0.336 e. The third kappa shape index (κ3) is 2.13. The van der Waals surface area contributed by atoms with Crippen molar-refractivity contribution in [2.75, 3.05) is 33.2 Å². The molecule has 1 saturated heterocycles. The van der Waals surface area contributed by atoms with Crippen LogP contribution >= 0.6 is 11.3 Å². The first-order valence-electron chi connectivity index (χ1n) is 6.19. The smallest absolute Gasteiger partial charge is 0.253 e. The van der Waals surface area contributed by atoms with E-state index >= 15 is 0 Å². The van der Waals surface area contributed by atoms with Gasteiger partial charge < -0.3 is 9.80 Å². The summed E-state index contributed by atoms with van der Waals surface area (Å²) in [4.78, 5) is 16.6. The fourth-order valence-electron chi connectivity index (χ4n) is 2.29. The molecule has 1 aromatic carbocycles. The molecule has 0 bridgehead atoms. The fourth-order valence-corrected chi connectivity index (χ4v) is 3.06. The lowest BCUT2D eigenvalue weighted by molar-refractivity contribution is 0.0664. The van der Waals surface area contributed by atoms with Crippen molar-refractivity contribution < 1.29 is 4.79 Å². The first-order valence-corrected chi connectivity index (χ1v) is 7.07. The van der Waals surface area contributed by atoms with Crippen LogP contribution in [0.1, 0.15) is 10.4 Å². The summed E-state index contributed by atoms with van der Waals surface area (Å²) in [5.74, 6) is 0.163. The first-order chi connectivity index (χ1) is 8.74. The molecular weight excluding hydrogens is 244 g/mol. The van der Waals surface area contributed by atoms with Gasteiger partial charge in [0.2, 0.25) is 0 Å². The Morgan fingerprint density at radius 2 is 1.94 bits per heavy atom. The molecule has 94 valence electrons. The van der Waals surface area contributed by atoms with E-state index in [-0.39, 0.29) is 5.91 Å². The summed E-state index contributed by atoms with van der Waals surface area (Å²) < 4.78 is 1.24. The number of rotatable bonds is 1. The highest BCUT2D eigenvalue weighted by Gasteiger charge is 2.20. The van der Waals surface area contributed by atoms with E-state index in [0.717, 1.165) is 31.7 Å². The van der Waals surface area contributed by atoms with Crippen molar-refractivity contribution >= 4 is 27.3 Å². The van der Waals surface area contributed by atoms with Crippen LogP contribution in [0.4, 0.5) is 0 Å². The molecule has 1 aliphatic heterocycles. The topological polar surface area (TPSA) is 23.6 Å². The summed E-state index contributed by atoms with van der Waals surface area (Å²) in [6, 6.07) is 8.07. The molecule has 3 rings (SSSR count). The number of hydrogen-bond acceptors (Lipinski definition) is 3. The zero-order chi connectivity index (χ0) is 12.5. The second-order valence-electron chi connectivity index (χ2n) is 4.77. The summed E-state index contributed by atoms with van der Waals surface area (Å²) in [7, 11) is 2.10. The molecule has 0 unspecified atom stereocenters. The normalized spacial score (nSPS) is 17.3. The highest BCUT2D eigenvalue weighted by Crippen LogP contribution is 2.22. The molecule has 3 nitrogen and oxygen atoms in total. The summed E-state index contributed by atoms with van der Waals surface area (Å²) in [5, 5.41) is 3.23. The van der Waals surface area contributed by atoms with Crippen molar-refractivity contribution in [1.29, 1.82) is 0 Å². The Hall–Kier alpha value is -1.39. The molecule has 0 aliphatic carbocycles. The molecule has 1 amide bonds. The third-order valence-electron chi connectivity index (χ3n) is 3.49. The number of likely N-dealkylation sites (N-methyl/N-ethyl adjacent to an activating group) is 1. The van der Waals surface area contributed by atoms with Crippen LogP contribution < -0.4 is 0 Å². The van der Waals surface area contributed by atoms with Gasteiger partial charge in [0, 0.05) is 36.4 Å². The molecule has 2 heterocycles. The van der Waals surface area contributed by atoms with E-state index in [4.69, 9.17) is 0 Å². The van der Waals surface area contributed by atoms with E-state index in [1.165, 1.54) is 10.1 Å².